The van der Waals surface area contributed by atoms with Crippen LogP contribution in [0.2, 0.25) is 0 Å². The number of halogens is 1. The number of hydrogen-bond donors (Lipinski definition) is 1. The molecule has 40 heavy (non-hydrogen) atoms. The molecule has 0 spiro atoms. The van der Waals surface area contributed by atoms with Gasteiger partial charge in [0.2, 0.25) is 0 Å². The van der Waals surface area contributed by atoms with E-state index in [1.807, 2.05) is 46.4 Å². The molecule has 8 nitrogen and oxygen atoms in total. The van der Waals surface area contributed by atoms with E-state index in [0.29, 0.717) is 6.54 Å². The molecule has 0 saturated carbocycles. The van der Waals surface area contributed by atoms with Crippen LogP contribution in [-0.2, 0) is 13.1 Å². The fourth-order valence-electron chi connectivity index (χ4n) is 5.52. The van der Waals surface area contributed by atoms with Crippen LogP contribution in [0.4, 0.5) is 4.39 Å². The van der Waals surface area contributed by atoms with Crippen LogP contribution in [0, 0.1) is 5.82 Å². The molecule has 1 aliphatic rings. The van der Waals surface area contributed by atoms with Gasteiger partial charge in [0.1, 0.15) is 11.5 Å². The molecular weight excluding hydrogens is 503 g/mol. The molecule has 0 unspecified atom stereocenters. The molecule has 5 aromatic rings. The van der Waals surface area contributed by atoms with Crippen LogP contribution >= 0.6 is 0 Å². The Bertz CT molecular complexity index is 1540. The van der Waals surface area contributed by atoms with Gasteiger partial charge in [0.05, 0.1) is 18.9 Å². The van der Waals surface area contributed by atoms with E-state index in [9.17, 15) is 4.39 Å². The molecule has 1 fully saturated rings. The topological polar surface area (TPSA) is 70.8 Å². The highest BCUT2D eigenvalue weighted by Crippen LogP contribution is 2.31. The quantitative estimate of drug-likeness (QED) is 0.247. The molecule has 0 bridgehead atoms. The zero-order chi connectivity index (χ0) is 27.3. The molecule has 5 heterocycles. The van der Waals surface area contributed by atoms with Gasteiger partial charge in [-0.1, -0.05) is 25.5 Å². The molecular formula is C31H37FN8. The van der Waals surface area contributed by atoms with Crippen molar-refractivity contribution in [1.29, 1.82) is 0 Å². The van der Waals surface area contributed by atoms with E-state index in [1.165, 1.54) is 51.6 Å². The summed E-state index contributed by atoms with van der Waals surface area (Å²) in [5.41, 5.74) is 5.83. The third kappa shape index (κ3) is 6.16. The number of nitrogens with one attached hydrogen (secondary N) is 1. The van der Waals surface area contributed by atoms with Gasteiger partial charge < -0.3 is 14.8 Å². The largest absolute Gasteiger partial charge is 0.346 e. The van der Waals surface area contributed by atoms with Crippen LogP contribution in [0.3, 0.4) is 0 Å². The van der Waals surface area contributed by atoms with Crippen molar-refractivity contribution >= 4 is 11.0 Å². The van der Waals surface area contributed by atoms with Crippen molar-refractivity contribution in [1.82, 2.24) is 39.3 Å². The molecule has 1 aliphatic heterocycles. The zero-order valence-electron chi connectivity index (χ0n) is 23.1. The standard InChI is InChI=1S/C31H37FN8/c1-2-3-8-37-11-13-38(14-12-37)9-5-10-39-22-26(18-35-39)25-16-29-30(20-34-31(29)33-17-25)27-19-36-40(23-27)21-24-6-4-7-28(32)15-24/h4,6-7,15-20,22-23H,2-3,5,8-14,21H2,1H3,(H,33,34). The van der Waals surface area contributed by atoms with Gasteiger partial charge in [-0.3, -0.25) is 9.36 Å². The van der Waals surface area contributed by atoms with Crippen molar-refractivity contribution in [3.63, 3.8) is 0 Å². The van der Waals surface area contributed by atoms with Crippen molar-refractivity contribution in [2.24, 2.45) is 0 Å². The second-order valence-electron chi connectivity index (χ2n) is 10.8. The minimum absolute atomic E-state index is 0.236. The van der Waals surface area contributed by atoms with Crippen LogP contribution < -0.4 is 0 Å². The van der Waals surface area contributed by atoms with E-state index in [1.54, 1.807) is 12.1 Å². The first-order valence-corrected chi connectivity index (χ1v) is 14.4. The van der Waals surface area contributed by atoms with Crippen molar-refractivity contribution in [2.45, 2.75) is 39.3 Å². The highest BCUT2D eigenvalue weighted by Gasteiger charge is 2.16. The van der Waals surface area contributed by atoms with E-state index < -0.39 is 0 Å². The molecule has 6 rings (SSSR count). The fraction of sp³-hybridized carbons (Fsp3) is 0.387. The van der Waals surface area contributed by atoms with E-state index in [-0.39, 0.29) is 5.82 Å². The summed E-state index contributed by atoms with van der Waals surface area (Å²) in [6.07, 6.45) is 15.4. The molecule has 1 saturated heterocycles. The molecule has 0 atom stereocenters. The highest BCUT2D eigenvalue weighted by atomic mass is 19.1. The SMILES string of the molecule is CCCCN1CCN(CCCn2cc(-c3cnc4[nH]cc(-c5cnn(Cc6cccc(F)c6)c5)c4c3)cn2)CC1. The van der Waals surface area contributed by atoms with Gasteiger partial charge in [-0.05, 0) is 49.7 Å². The average molecular weight is 541 g/mol. The summed E-state index contributed by atoms with van der Waals surface area (Å²) < 4.78 is 17.5. The van der Waals surface area contributed by atoms with Gasteiger partial charge >= 0.3 is 0 Å². The first-order chi connectivity index (χ1) is 19.6. The zero-order valence-corrected chi connectivity index (χ0v) is 23.1. The monoisotopic (exact) mass is 540 g/mol. The molecule has 0 amide bonds. The van der Waals surface area contributed by atoms with Crippen LogP contribution in [0.15, 0.2) is 67.5 Å². The third-order valence-electron chi connectivity index (χ3n) is 7.83. The van der Waals surface area contributed by atoms with Gasteiger partial charge in [0.25, 0.3) is 0 Å². The minimum Gasteiger partial charge on any atom is -0.346 e. The number of hydrogen-bond acceptors (Lipinski definition) is 5. The molecule has 4 aromatic heterocycles. The van der Waals surface area contributed by atoms with Crippen molar-refractivity contribution in [3.8, 4) is 22.3 Å². The normalized spacial score (nSPS) is 14.8. The number of aryl methyl sites for hydroxylation is 1. The van der Waals surface area contributed by atoms with E-state index in [4.69, 9.17) is 0 Å². The predicted octanol–water partition coefficient (Wildman–Crippen LogP) is 5.29. The molecule has 1 aromatic carbocycles. The van der Waals surface area contributed by atoms with Crippen molar-refractivity contribution in [2.75, 3.05) is 39.3 Å². The number of rotatable bonds is 11. The number of benzene rings is 1. The van der Waals surface area contributed by atoms with Crippen molar-refractivity contribution < 1.29 is 4.39 Å². The second-order valence-corrected chi connectivity index (χ2v) is 10.8. The number of aromatic nitrogens is 6. The first kappa shape index (κ1) is 26.4. The van der Waals surface area contributed by atoms with E-state index in [0.717, 1.165) is 58.4 Å². The van der Waals surface area contributed by atoms with E-state index >= 15 is 0 Å². The number of aromatic amines is 1. The molecule has 1 N–H and O–H groups in total. The summed E-state index contributed by atoms with van der Waals surface area (Å²) >= 11 is 0. The predicted molar refractivity (Wildman–Crippen MR) is 156 cm³/mol. The lowest BCUT2D eigenvalue weighted by Crippen LogP contribution is -2.46. The Labute approximate surface area is 234 Å². The van der Waals surface area contributed by atoms with Crippen LogP contribution in [-0.4, -0.2) is 78.6 Å². The molecule has 0 aliphatic carbocycles. The van der Waals surface area contributed by atoms with Gasteiger partial charge in [0, 0.05) is 85.2 Å². The van der Waals surface area contributed by atoms with Crippen molar-refractivity contribution in [3.05, 3.63) is 78.9 Å². The lowest BCUT2D eigenvalue weighted by molar-refractivity contribution is 0.129. The van der Waals surface area contributed by atoms with Crippen LogP contribution in [0.1, 0.15) is 31.7 Å². The van der Waals surface area contributed by atoms with Crippen LogP contribution in [0.5, 0.6) is 0 Å². The van der Waals surface area contributed by atoms with Crippen LogP contribution in [0.25, 0.3) is 33.3 Å². The molecule has 9 heteroatoms. The lowest BCUT2D eigenvalue weighted by atomic mass is 10.1. The number of pyridine rings is 1. The van der Waals surface area contributed by atoms with E-state index in [2.05, 4.69) is 49.2 Å². The van der Waals surface area contributed by atoms with Gasteiger partial charge in [-0.2, -0.15) is 10.2 Å². The smallest absolute Gasteiger partial charge is 0.137 e. The maximum Gasteiger partial charge on any atom is 0.137 e. The summed E-state index contributed by atoms with van der Waals surface area (Å²) in [7, 11) is 0. The Kier molecular flexibility index (Phi) is 8.02. The summed E-state index contributed by atoms with van der Waals surface area (Å²) in [4.78, 5) is 13.1. The number of piperazine rings is 1. The lowest BCUT2D eigenvalue weighted by Gasteiger charge is -2.34. The van der Waals surface area contributed by atoms with Gasteiger partial charge in [0.15, 0.2) is 0 Å². The number of unbranched alkanes of at least 4 members (excludes halogenated alkanes) is 1. The maximum atomic E-state index is 13.6. The highest BCUT2D eigenvalue weighted by molar-refractivity contribution is 5.95. The average Bonchev–Trinajstić information content (AvgIpc) is 3.72. The Balaban J connectivity index is 1.08. The third-order valence-corrected chi connectivity index (χ3v) is 7.83. The number of nitrogens with zero attached hydrogens (tertiary/aromatic N) is 7. The van der Waals surface area contributed by atoms with Gasteiger partial charge in [-0.15, -0.1) is 0 Å². The Morgan fingerprint density at radius 1 is 0.825 bits per heavy atom. The molecule has 0 radical (unpaired) electrons. The second kappa shape index (κ2) is 12.1. The summed E-state index contributed by atoms with van der Waals surface area (Å²) in [5, 5.41) is 10.2. The Morgan fingerprint density at radius 2 is 1.57 bits per heavy atom. The number of fused-ring (bicyclic) bond motifs is 1. The maximum absolute atomic E-state index is 13.6. The summed E-state index contributed by atoms with van der Waals surface area (Å²) in [5.74, 6) is -0.236. The fourth-order valence-corrected chi connectivity index (χ4v) is 5.52. The Morgan fingerprint density at radius 3 is 2.38 bits per heavy atom. The van der Waals surface area contributed by atoms with Gasteiger partial charge in [-0.25, -0.2) is 9.37 Å². The molecule has 208 valence electrons. The first-order valence-electron chi connectivity index (χ1n) is 14.4. The summed E-state index contributed by atoms with van der Waals surface area (Å²) in [6, 6.07) is 8.79. The number of H-pyrrole nitrogens is 1. The Hall–Kier alpha value is -3.82. The minimum atomic E-state index is -0.236. The summed E-state index contributed by atoms with van der Waals surface area (Å²) in [6.45, 7) is 10.8.